The van der Waals surface area contributed by atoms with Crippen molar-refractivity contribution in [2.24, 2.45) is 7.05 Å². The SMILES string of the molecule is COCc1nncn1C. The van der Waals surface area contributed by atoms with Gasteiger partial charge in [0.15, 0.2) is 5.82 Å². The molecule has 9 heavy (non-hydrogen) atoms. The van der Waals surface area contributed by atoms with Gasteiger partial charge < -0.3 is 9.30 Å². The number of aryl methyl sites for hydroxylation is 1. The Kier molecular flexibility index (Phi) is 1.79. The molecule has 0 aliphatic rings. The summed E-state index contributed by atoms with van der Waals surface area (Å²) in [5.41, 5.74) is 0. The minimum Gasteiger partial charge on any atom is -0.377 e. The summed E-state index contributed by atoms with van der Waals surface area (Å²) in [4.78, 5) is 0. The Balaban J connectivity index is 2.69. The van der Waals surface area contributed by atoms with Crippen LogP contribution in [0, 0.1) is 0 Å². The van der Waals surface area contributed by atoms with E-state index in [1.165, 1.54) is 0 Å². The predicted octanol–water partition coefficient (Wildman–Crippen LogP) is -0.0385. The van der Waals surface area contributed by atoms with Gasteiger partial charge in [-0.15, -0.1) is 10.2 Å². The molecule has 0 bridgehead atoms. The van der Waals surface area contributed by atoms with E-state index in [9.17, 15) is 0 Å². The van der Waals surface area contributed by atoms with Crippen molar-refractivity contribution in [3.8, 4) is 0 Å². The van der Waals surface area contributed by atoms with Gasteiger partial charge in [-0.3, -0.25) is 0 Å². The van der Waals surface area contributed by atoms with E-state index in [0.717, 1.165) is 5.82 Å². The van der Waals surface area contributed by atoms with E-state index in [1.54, 1.807) is 13.4 Å². The summed E-state index contributed by atoms with van der Waals surface area (Å²) in [6, 6.07) is 0. The van der Waals surface area contributed by atoms with Crippen LogP contribution in [0.4, 0.5) is 0 Å². The first kappa shape index (κ1) is 6.22. The minimum absolute atomic E-state index is 0.524. The van der Waals surface area contributed by atoms with Crippen LogP contribution in [-0.4, -0.2) is 21.9 Å². The van der Waals surface area contributed by atoms with Gasteiger partial charge in [0.2, 0.25) is 0 Å². The molecule has 0 saturated carbocycles. The number of hydrogen-bond acceptors (Lipinski definition) is 3. The molecule has 1 aromatic rings. The molecule has 0 spiro atoms. The maximum atomic E-state index is 4.84. The second-order valence-electron chi connectivity index (χ2n) is 1.79. The van der Waals surface area contributed by atoms with Gasteiger partial charge in [-0.2, -0.15) is 0 Å². The number of hydrogen-bond donors (Lipinski definition) is 0. The maximum Gasteiger partial charge on any atom is 0.158 e. The molecule has 0 amide bonds. The highest BCUT2D eigenvalue weighted by Crippen LogP contribution is 1.91. The molecule has 1 heterocycles. The van der Waals surface area contributed by atoms with Gasteiger partial charge in [0, 0.05) is 14.2 Å². The topological polar surface area (TPSA) is 39.9 Å². The zero-order valence-corrected chi connectivity index (χ0v) is 5.53. The summed E-state index contributed by atoms with van der Waals surface area (Å²) in [7, 11) is 3.52. The Bertz CT molecular complexity index is 184. The monoisotopic (exact) mass is 127 g/mol. The first-order chi connectivity index (χ1) is 4.34. The predicted molar refractivity (Wildman–Crippen MR) is 31.7 cm³/mol. The summed E-state index contributed by atoms with van der Waals surface area (Å²) in [5, 5.41) is 7.47. The lowest BCUT2D eigenvalue weighted by molar-refractivity contribution is 0.175. The Morgan fingerprint density at radius 1 is 1.78 bits per heavy atom. The highest BCUT2D eigenvalue weighted by molar-refractivity contribution is 4.79. The highest BCUT2D eigenvalue weighted by atomic mass is 16.5. The molecule has 0 saturated heterocycles. The largest absolute Gasteiger partial charge is 0.377 e. The van der Waals surface area contributed by atoms with Gasteiger partial charge in [0.25, 0.3) is 0 Å². The van der Waals surface area contributed by atoms with Crippen LogP contribution in [0.1, 0.15) is 5.82 Å². The number of aromatic nitrogens is 3. The summed E-state index contributed by atoms with van der Waals surface area (Å²) < 4.78 is 6.67. The van der Waals surface area contributed by atoms with E-state index in [4.69, 9.17) is 4.74 Å². The fourth-order valence-electron chi connectivity index (χ4n) is 0.567. The fourth-order valence-corrected chi connectivity index (χ4v) is 0.567. The normalized spacial score (nSPS) is 10.0. The van der Waals surface area contributed by atoms with Crippen molar-refractivity contribution in [1.29, 1.82) is 0 Å². The zero-order valence-electron chi connectivity index (χ0n) is 5.53. The van der Waals surface area contributed by atoms with Crippen LogP contribution < -0.4 is 0 Å². The van der Waals surface area contributed by atoms with Gasteiger partial charge in [-0.1, -0.05) is 0 Å². The van der Waals surface area contributed by atoms with Crippen LogP contribution >= 0.6 is 0 Å². The van der Waals surface area contributed by atoms with E-state index < -0.39 is 0 Å². The number of nitrogens with zero attached hydrogens (tertiary/aromatic N) is 3. The molecule has 1 rings (SSSR count). The van der Waals surface area contributed by atoms with Crippen molar-refractivity contribution >= 4 is 0 Å². The van der Waals surface area contributed by atoms with E-state index in [-0.39, 0.29) is 0 Å². The average molecular weight is 127 g/mol. The smallest absolute Gasteiger partial charge is 0.158 e. The zero-order chi connectivity index (χ0) is 6.69. The van der Waals surface area contributed by atoms with Crippen LogP contribution in [-0.2, 0) is 18.4 Å². The molecular weight excluding hydrogens is 118 g/mol. The van der Waals surface area contributed by atoms with Crippen molar-refractivity contribution in [2.45, 2.75) is 6.61 Å². The van der Waals surface area contributed by atoms with E-state index >= 15 is 0 Å². The Morgan fingerprint density at radius 3 is 3.00 bits per heavy atom. The molecule has 0 N–H and O–H groups in total. The minimum atomic E-state index is 0.524. The molecular formula is C5H9N3O. The third kappa shape index (κ3) is 1.26. The third-order valence-corrected chi connectivity index (χ3v) is 1.08. The van der Waals surface area contributed by atoms with Crippen LogP contribution in [0.5, 0.6) is 0 Å². The molecule has 50 valence electrons. The third-order valence-electron chi connectivity index (χ3n) is 1.08. The lowest BCUT2D eigenvalue weighted by Gasteiger charge is -1.95. The molecule has 0 aliphatic heterocycles. The van der Waals surface area contributed by atoms with E-state index in [0.29, 0.717) is 6.61 Å². The molecule has 0 fully saturated rings. The molecule has 4 nitrogen and oxygen atoms in total. The average Bonchev–Trinajstić information content (AvgIpc) is 2.18. The second kappa shape index (κ2) is 2.59. The summed E-state index contributed by atoms with van der Waals surface area (Å²) in [5.74, 6) is 0.845. The second-order valence-corrected chi connectivity index (χ2v) is 1.79. The highest BCUT2D eigenvalue weighted by Gasteiger charge is 1.96. The van der Waals surface area contributed by atoms with Gasteiger partial charge >= 0.3 is 0 Å². The lowest BCUT2D eigenvalue weighted by atomic mass is 10.6. The Morgan fingerprint density at radius 2 is 2.56 bits per heavy atom. The van der Waals surface area contributed by atoms with Gasteiger partial charge in [0.1, 0.15) is 12.9 Å². The number of ether oxygens (including phenoxy) is 1. The van der Waals surface area contributed by atoms with Gasteiger partial charge in [-0.05, 0) is 0 Å². The first-order valence-corrected chi connectivity index (χ1v) is 2.66. The summed E-state index contributed by atoms with van der Waals surface area (Å²) in [6.45, 7) is 0.524. The quantitative estimate of drug-likeness (QED) is 0.559. The van der Waals surface area contributed by atoms with E-state index in [2.05, 4.69) is 10.2 Å². The first-order valence-electron chi connectivity index (χ1n) is 2.66. The standard InChI is InChI=1S/C5H9N3O/c1-8-4-6-7-5(8)3-9-2/h4H,3H2,1-2H3. The van der Waals surface area contributed by atoms with Crippen molar-refractivity contribution in [2.75, 3.05) is 7.11 Å². The lowest BCUT2D eigenvalue weighted by Crippen LogP contribution is -1.97. The molecule has 0 aliphatic carbocycles. The van der Waals surface area contributed by atoms with E-state index in [1.807, 2.05) is 11.6 Å². The molecule has 0 unspecified atom stereocenters. The van der Waals surface area contributed by atoms with Crippen molar-refractivity contribution in [3.63, 3.8) is 0 Å². The van der Waals surface area contributed by atoms with Crippen LogP contribution in [0.3, 0.4) is 0 Å². The van der Waals surface area contributed by atoms with Crippen LogP contribution in [0.15, 0.2) is 6.33 Å². The van der Waals surface area contributed by atoms with Crippen LogP contribution in [0.25, 0.3) is 0 Å². The Labute approximate surface area is 53.5 Å². The molecule has 1 aromatic heterocycles. The molecule has 4 heteroatoms. The van der Waals surface area contributed by atoms with Crippen molar-refractivity contribution < 1.29 is 4.74 Å². The maximum absolute atomic E-state index is 4.84. The number of methoxy groups -OCH3 is 1. The molecule has 0 aromatic carbocycles. The molecule has 0 radical (unpaired) electrons. The Hall–Kier alpha value is -0.900. The molecule has 0 atom stereocenters. The summed E-state index contributed by atoms with van der Waals surface area (Å²) >= 11 is 0. The van der Waals surface area contributed by atoms with Gasteiger partial charge in [0.05, 0.1) is 0 Å². The van der Waals surface area contributed by atoms with Gasteiger partial charge in [-0.25, -0.2) is 0 Å². The summed E-state index contributed by atoms with van der Waals surface area (Å²) in [6.07, 6.45) is 1.65. The number of rotatable bonds is 2. The fraction of sp³-hybridized carbons (Fsp3) is 0.600. The van der Waals surface area contributed by atoms with Crippen molar-refractivity contribution in [1.82, 2.24) is 14.8 Å². The van der Waals surface area contributed by atoms with Crippen molar-refractivity contribution in [3.05, 3.63) is 12.2 Å². The van der Waals surface area contributed by atoms with Crippen LogP contribution in [0.2, 0.25) is 0 Å².